The fourth-order valence-electron chi connectivity index (χ4n) is 3.65. The van der Waals surface area contributed by atoms with Crippen molar-refractivity contribution in [3.8, 4) is 16.8 Å². The van der Waals surface area contributed by atoms with Crippen molar-refractivity contribution in [3.05, 3.63) is 112 Å². The van der Waals surface area contributed by atoms with E-state index in [2.05, 4.69) is 4.98 Å². The second kappa shape index (κ2) is 8.48. The number of nitrogens with zero attached hydrogens (tertiary/aromatic N) is 2. The number of H-pyrrole nitrogens is 1. The second-order valence-electron chi connectivity index (χ2n) is 7.54. The first-order valence-electron chi connectivity index (χ1n) is 10.2. The highest BCUT2D eigenvalue weighted by atomic mass is 32.2. The summed E-state index contributed by atoms with van der Waals surface area (Å²) in [4.78, 5) is 21.6. The molecule has 5 aromatic rings. The first-order chi connectivity index (χ1) is 15.6. The molecule has 3 aromatic carbocycles. The summed E-state index contributed by atoms with van der Waals surface area (Å²) in [6.45, 7) is 2.00. The maximum Gasteiger partial charge on any atom is 0.283 e. The van der Waals surface area contributed by atoms with E-state index in [1.807, 2.05) is 73.8 Å². The maximum atomic E-state index is 14.2. The van der Waals surface area contributed by atoms with Crippen LogP contribution in [-0.2, 0) is 5.75 Å². The lowest BCUT2D eigenvalue weighted by atomic mass is 10.1. The van der Waals surface area contributed by atoms with Gasteiger partial charge in [-0.05, 0) is 36.2 Å². The number of aryl methyl sites for hydroxylation is 1. The smallest absolute Gasteiger partial charge is 0.283 e. The van der Waals surface area contributed by atoms with E-state index in [0.29, 0.717) is 27.5 Å². The van der Waals surface area contributed by atoms with Crippen LogP contribution in [0.3, 0.4) is 0 Å². The SMILES string of the molecule is Cc1ccc(-n2c(SCc3ccccc3F)nc3c(-c4ccccc4)c[nH]c3c2=O)cc1. The molecule has 0 unspecified atom stereocenters. The highest BCUT2D eigenvalue weighted by Gasteiger charge is 2.18. The van der Waals surface area contributed by atoms with Crippen molar-refractivity contribution in [3.63, 3.8) is 0 Å². The van der Waals surface area contributed by atoms with Crippen LogP contribution in [0.5, 0.6) is 0 Å². The molecule has 0 atom stereocenters. The van der Waals surface area contributed by atoms with E-state index in [9.17, 15) is 9.18 Å². The summed E-state index contributed by atoms with van der Waals surface area (Å²) < 4.78 is 15.8. The molecular weight excluding hydrogens is 421 g/mol. The molecule has 0 amide bonds. The van der Waals surface area contributed by atoms with E-state index < -0.39 is 0 Å². The number of benzene rings is 3. The van der Waals surface area contributed by atoms with E-state index in [4.69, 9.17) is 4.98 Å². The van der Waals surface area contributed by atoms with Crippen molar-refractivity contribution in [2.75, 3.05) is 0 Å². The number of fused-ring (bicyclic) bond motifs is 1. The lowest BCUT2D eigenvalue weighted by Crippen LogP contribution is -2.21. The van der Waals surface area contributed by atoms with Crippen LogP contribution >= 0.6 is 11.8 Å². The summed E-state index contributed by atoms with van der Waals surface area (Å²) in [7, 11) is 0. The number of hydrogen-bond donors (Lipinski definition) is 1. The van der Waals surface area contributed by atoms with Crippen molar-refractivity contribution < 1.29 is 4.39 Å². The predicted octanol–water partition coefficient (Wildman–Crippen LogP) is 6.12. The van der Waals surface area contributed by atoms with Gasteiger partial charge in [-0.3, -0.25) is 9.36 Å². The summed E-state index contributed by atoms with van der Waals surface area (Å²) in [5, 5.41) is 0.520. The molecule has 6 heteroatoms. The van der Waals surface area contributed by atoms with Crippen LogP contribution in [-0.4, -0.2) is 14.5 Å². The van der Waals surface area contributed by atoms with Crippen molar-refractivity contribution in [1.82, 2.24) is 14.5 Å². The van der Waals surface area contributed by atoms with Gasteiger partial charge in [-0.25, -0.2) is 9.37 Å². The zero-order valence-electron chi connectivity index (χ0n) is 17.4. The molecule has 2 heterocycles. The zero-order chi connectivity index (χ0) is 22.1. The minimum absolute atomic E-state index is 0.183. The minimum atomic E-state index is -0.267. The van der Waals surface area contributed by atoms with Crippen molar-refractivity contribution in [2.24, 2.45) is 0 Å². The molecule has 0 radical (unpaired) electrons. The highest BCUT2D eigenvalue weighted by molar-refractivity contribution is 7.98. The summed E-state index contributed by atoms with van der Waals surface area (Å²) in [5.74, 6) is 0.0959. The Morgan fingerprint density at radius 1 is 0.969 bits per heavy atom. The van der Waals surface area contributed by atoms with Gasteiger partial charge in [0, 0.05) is 17.5 Å². The van der Waals surface area contributed by atoms with Gasteiger partial charge in [0.25, 0.3) is 5.56 Å². The zero-order valence-corrected chi connectivity index (χ0v) is 18.2. The first-order valence-corrected chi connectivity index (χ1v) is 11.2. The van der Waals surface area contributed by atoms with Crippen LogP contribution in [0.25, 0.3) is 27.8 Å². The lowest BCUT2D eigenvalue weighted by molar-refractivity contribution is 0.617. The van der Waals surface area contributed by atoms with E-state index >= 15 is 0 Å². The summed E-state index contributed by atoms with van der Waals surface area (Å²) >= 11 is 1.35. The highest BCUT2D eigenvalue weighted by Crippen LogP contribution is 2.30. The van der Waals surface area contributed by atoms with Crippen molar-refractivity contribution in [2.45, 2.75) is 17.8 Å². The van der Waals surface area contributed by atoms with Crippen LogP contribution in [0.1, 0.15) is 11.1 Å². The third kappa shape index (κ3) is 3.74. The first kappa shape index (κ1) is 20.3. The largest absolute Gasteiger partial charge is 0.355 e. The standard InChI is InChI=1S/C26H20FN3OS/c1-17-11-13-20(14-12-17)30-25(31)24-23(21(15-28-24)18-7-3-2-4-8-18)29-26(30)32-16-19-9-5-6-10-22(19)27/h2-15,28H,16H2,1H3. The van der Waals surface area contributed by atoms with Gasteiger partial charge in [-0.15, -0.1) is 0 Å². The van der Waals surface area contributed by atoms with Gasteiger partial charge in [0.15, 0.2) is 5.16 Å². The van der Waals surface area contributed by atoms with Crippen LogP contribution in [0.2, 0.25) is 0 Å². The molecule has 2 aromatic heterocycles. The van der Waals surface area contributed by atoms with Gasteiger partial charge in [-0.1, -0.05) is 78.0 Å². The number of rotatable bonds is 5. The fourth-order valence-corrected chi connectivity index (χ4v) is 4.65. The van der Waals surface area contributed by atoms with Gasteiger partial charge >= 0.3 is 0 Å². The number of halogens is 1. The number of hydrogen-bond acceptors (Lipinski definition) is 3. The maximum absolute atomic E-state index is 14.2. The molecule has 0 bridgehead atoms. The van der Waals surface area contributed by atoms with Gasteiger partial charge in [0.2, 0.25) is 0 Å². The fraction of sp³-hybridized carbons (Fsp3) is 0.0769. The molecule has 0 fully saturated rings. The molecule has 0 saturated heterocycles. The lowest BCUT2D eigenvalue weighted by Gasteiger charge is -2.13. The van der Waals surface area contributed by atoms with E-state index in [1.165, 1.54) is 17.8 Å². The molecule has 158 valence electrons. The normalized spacial score (nSPS) is 11.2. The Balaban J connectivity index is 1.69. The Morgan fingerprint density at radius 2 is 1.69 bits per heavy atom. The molecule has 0 saturated carbocycles. The molecule has 5 rings (SSSR count). The minimum Gasteiger partial charge on any atom is -0.355 e. The summed E-state index contributed by atoms with van der Waals surface area (Å²) in [5.41, 5.74) is 5.10. The Hall–Kier alpha value is -3.64. The predicted molar refractivity (Wildman–Crippen MR) is 128 cm³/mol. The molecule has 1 N–H and O–H groups in total. The number of aromatic nitrogens is 3. The van der Waals surface area contributed by atoms with Gasteiger partial charge in [0.1, 0.15) is 16.9 Å². The second-order valence-corrected chi connectivity index (χ2v) is 8.49. The topological polar surface area (TPSA) is 50.7 Å². The number of aromatic amines is 1. The quantitative estimate of drug-likeness (QED) is 0.264. The van der Waals surface area contributed by atoms with Gasteiger partial charge in [-0.2, -0.15) is 0 Å². The van der Waals surface area contributed by atoms with Crippen LogP contribution in [0.4, 0.5) is 4.39 Å². The van der Waals surface area contributed by atoms with E-state index in [1.54, 1.807) is 16.7 Å². The van der Waals surface area contributed by atoms with Crippen LogP contribution < -0.4 is 5.56 Å². The van der Waals surface area contributed by atoms with Crippen LogP contribution in [0.15, 0.2) is 95.0 Å². The van der Waals surface area contributed by atoms with E-state index in [-0.39, 0.29) is 11.4 Å². The Labute approximate surface area is 188 Å². The third-order valence-electron chi connectivity index (χ3n) is 5.36. The van der Waals surface area contributed by atoms with E-state index in [0.717, 1.165) is 22.4 Å². The van der Waals surface area contributed by atoms with Gasteiger partial charge in [0.05, 0.1) is 5.69 Å². The number of thioether (sulfide) groups is 1. The molecule has 0 spiro atoms. The molecule has 32 heavy (non-hydrogen) atoms. The molecular formula is C26H20FN3OS. The Kier molecular flexibility index (Phi) is 5.37. The molecule has 4 nitrogen and oxygen atoms in total. The van der Waals surface area contributed by atoms with Gasteiger partial charge < -0.3 is 4.98 Å². The summed E-state index contributed by atoms with van der Waals surface area (Å²) in [6, 6.07) is 24.2. The third-order valence-corrected chi connectivity index (χ3v) is 6.35. The molecule has 0 aliphatic rings. The summed E-state index contributed by atoms with van der Waals surface area (Å²) in [6.07, 6.45) is 1.82. The average molecular weight is 442 g/mol. The number of nitrogens with one attached hydrogen (secondary N) is 1. The Bertz CT molecular complexity index is 1460. The average Bonchev–Trinajstić information content (AvgIpc) is 3.24. The van der Waals surface area contributed by atoms with Crippen LogP contribution in [0, 0.1) is 12.7 Å². The molecule has 0 aliphatic carbocycles. The molecule has 0 aliphatic heterocycles. The Morgan fingerprint density at radius 3 is 2.44 bits per heavy atom. The monoisotopic (exact) mass is 441 g/mol. The van der Waals surface area contributed by atoms with Crippen molar-refractivity contribution >= 4 is 22.8 Å². The van der Waals surface area contributed by atoms with Crippen molar-refractivity contribution in [1.29, 1.82) is 0 Å².